The highest BCUT2D eigenvalue weighted by atomic mass is 16.1. The summed E-state index contributed by atoms with van der Waals surface area (Å²) >= 11 is 0. The molecule has 0 bridgehead atoms. The third-order valence-electron chi connectivity index (χ3n) is 4.21. The van der Waals surface area contributed by atoms with Gasteiger partial charge in [0, 0.05) is 50.7 Å². The van der Waals surface area contributed by atoms with Gasteiger partial charge in [0.05, 0.1) is 0 Å². The minimum Gasteiger partial charge on any atom is -0.373 e. The first-order valence-electron chi connectivity index (χ1n) is 8.78. The van der Waals surface area contributed by atoms with Crippen LogP contribution in [0.1, 0.15) is 21.5 Å². The zero-order valence-electron chi connectivity index (χ0n) is 15.5. The Bertz CT molecular complexity index is 898. The Kier molecular flexibility index (Phi) is 5.99. The number of aromatic nitrogens is 2. The predicted octanol–water partition coefficient (Wildman–Crippen LogP) is 3.08. The van der Waals surface area contributed by atoms with Crippen molar-refractivity contribution >= 4 is 17.5 Å². The van der Waals surface area contributed by atoms with Gasteiger partial charge in [-0.15, -0.1) is 0 Å². The van der Waals surface area contributed by atoms with Crippen LogP contribution in [0.15, 0.2) is 67.0 Å². The van der Waals surface area contributed by atoms with Crippen molar-refractivity contribution in [2.75, 3.05) is 24.3 Å². The number of carbonyl (C=O) groups excluding carboxylic acids is 1. The summed E-state index contributed by atoms with van der Waals surface area (Å²) in [5, 5.41) is 5.90. The normalized spacial score (nSPS) is 10.3. The molecule has 0 saturated heterocycles. The SMILES string of the molecule is CNc1cc(C(=O)NCc2cccnc2N(C)Cc2ccccc2)ccn1. The lowest BCUT2D eigenvalue weighted by Gasteiger charge is -2.21. The van der Waals surface area contributed by atoms with E-state index in [4.69, 9.17) is 0 Å². The van der Waals surface area contributed by atoms with Gasteiger partial charge in [-0.05, 0) is 23.8 Å². The number of anilines is 2. The molecule has 2 aromatic heterocycles. The van der Waals surface area contributed by atoms with Gasteiger partial charge in [0.2, 0.25) is 0 Å². The van der Waals surface area contributed by atoms with Gasteiger partial charge in [-0.1, -0.05) is 36.4 Å². The summed E-state index contributed by atoms with van der Waals surface area (Å²) in [6.07, 6.45) is 3.38. The van der Waals surface area contributed by atoms with E-state index in [1.54, 1.807) is 31.6 Å². The largest absolute Gasteiger partial charge is 0.373 e. The molecule has 3 rings (SSSR count). The van der Waals surface area contributed by atoms with Crippen molar-refractivity contribution in [2.24, 2.45) is 0 Å². The monoisotopic (exact) mass is 361 g/mol. The van der Waals surface area contributed by atoms with Crippen LogP contribution in [-0.4, -0.2) is 30.0 Å². The Morgan fingerprint density at radius 2 is 1.85 bits per heavy atom. The zero-order valence-corrected chi connectivity index (χ0v) is 15.5. The molecule has 1 amide bonds. The topological polar surface area (TPSA) is 70.2 Å². The first-order valence-corrected chi connectivity index (χ1v) is 8.78. The molecular weight excluding hydrogens is 338 g/mol. The fourth-order valence-corrected chi connectivity index (χ4v) is 2.83. The van der Waals surface area contributed by atoms with Gasteiger partial charge < -0.3 is 15.5 Å². The van der Waals surface area contributed by atoms with Gasteiger partial charge >= 0.3 is 0 Å². The molecule has 0 aliphatic heterocycles. The smallest absolute Gasteiger partial charge is 0.251 e. The second-order valence-electron chi connectivity index (χ2n) is 6.19. The predicted molar refractivity (Wildman–Crippen MR) is 108 cm³/mol. The summed E-state index contributed by atoms with van der Waals surface area (Å²) in [5.41, 5.74) is 2.74. The van der Waals surface area contributed by atoms with Gasteiger partial charge in [0.25, 0.3) is 5.91 Å². The molecule has 0 spiro atoms. The maximum absolute atomic E-state index is 12.5. The minimum atomic E-state index is -0.144. The van der Waals surface area contributed by atoms with E-state index in [1.807, 2.05) is 37.4 Å². The fourth-order valence-electron chi connectivity index (χ4n) is 2.83. The summed E-state index contributed by atoms with van der Waals surface area (Å²) in [7, 11) is 3.78. The second-order valence-corrected chi connectivity index (χ2v) is 6.19. The van der Waals surface area contributed by atoms with Crippen molar-refractivity contribution in [2.45, 2.75) is 13.1 Å². The fraction of sp³-hybridized carbons (Fsp3) is 0.190. The third-order valence-corrected chi connectivity index (χ3v) is 4.21. The van der Waals surface area contributed by atoms with Crippen molar-refractivity contribution in [1.82, 2.24) is 15.3 Å². The van der Waals surface area contributed by atoms with Crippen LogP contribution >= 0.6 is 0 Å². The average molecular weight is 361 g/mol. The van der Waals surface area contributed by atoms with Crippen molar-refractivity contribution in [3.05, 3.63) is 83.7 Å². The highest BCUT2D eigenvalue weighted by Gasteiger charge is 2.12. The van der Waals surface area contributed by atoms with E-state index in [0.29, 0.717) is 17.9 Å². The van der Waals surface area contributed by atoms with Crippen molar-refractivity contribution in [1.29, 1.82) is 0 Å². The molecule has 0 atom stereocenters. The van der Waals surface area contributed by atoms with E-state index in [2.05, 4.69) is 37.6 Å². The van der Waals surface area contributed by atoms with Crippen LogP contribution in [-0.2, 0) is 13.1 Å². The van der Waals surface area contributed by atoms with E-state index in [1.165, 1.54) is 5.56 Å². The quantitative estimate of drug-likeness (QED) is 0.677. The number of nitrogens with one attached hydrogen (secondary N) is 2. The van der Waals surface area contributed by atoms with Crippen LogP contribution in [0.25, 0.3) is 0 Å². The molecular formula is C21H23N5O. The highest BCUT2D eigenvalue weighted by Crippen LogP contribution is 2.18. The summed E-state index contributed by atoms with van der Waals surface area (Å²) in [4.78, 5) is 23.2. The lowest BCUT2D eigenvalue weighted by molar-refractivity contribution is 0.0951. The number of pyridine rings is 2. The standard InChI is InChI=1S/C21H23N5O/c1-22-19-13-17(10-12-23-19)21(27)25-14-18-9-6-11-24-20(18)26(2)15-16-7-4-3-5-8-16/h3-13H,14-15H2,1-2H3,(H,22,23)(H,25,27). The molecule has 0 aliphatic rings. The van der Waals surface area contributed by atoms with Gasteiger partial charge in [0.1, 0.15) is 11.6 Å². The van der Waals surface area contributed by atoms with E-state index in [9.17, 15) is 4.79 Å². The molecule has 27 heavy (non-hydrogen) atoms. The Morgan fingerprint density at radius 1 is 1.04 bits per heavy atom. The van der Waals surface area contributed by atoms with Gasteiger partial charge in [-0.3, -0.25) is 4.79 Å². The summed E-state index contributed by atoms with van der Waals surface area (Å²) < 4.78 is 0. The molecule has 0 saturated carbocycles. The summed E-state index contributed by atoms with van der Waals surface area (Å²) in [5.74, 6) is 1.37. The minimum absolute atomic E-state index is 0.144. The molecule has 2 N–H and O–H groups in total. The van der Waals surface area contributed by atoms with Crippen LogP contribution < -0.4 is 15.5 Å². The molecule has 138 valence electrons. The molecule has 0 fully saturated rings. The Balaban J connectivity index is 1.69. The van der Waals surface area contributed by atoms with E-state index in [-0.39, 0.29) is 5.91 Å². The molecule has 0 radical (unpaired) electrons. The number of hydrogen-bond donors (Lipinski definition) is 2. The average Bonchev–Trinajstić information content (AvgIpc) is 2.73. The maximum atomic E-state index is 12.5. The lowest BCUT2D eigenvalue weighted by atomic mass is 10.2. The van der Waals surface area contributed by atoms with Crippen LogP contribution in [0.4, 0.5) is 11.6 Å². The molecule has 1 aromatic carbocycles. The van der Waals surface area contributed by atoms with Crippen molar-refractivity contribution in [3.63, 3.8) is 0 Å². The van der Waals surface area contributed by atoms with Crippen LogP contribution in [0.2, 0.25) is 0 Å². The zero-order chi connectivity index (χ0) is 19.1. The molecule has 2 heterocycles. The second kappa shape index (κ2) is 8.80. The van der Waals surface area contributed by atoms with Crippen molar-refractivity contribution < 1.29 is 4.79 Å². The van der Waals surface area contributed by atoms with Crippen LogP contribution in [0.3, 0.4) is 0 Å². The Labute approximate surface area is 159 Å². The first kappa shape index (κ1) is 18.4. The van der Waals surface area contributed by atoms with Gasteiger partial charge in [-0.2, -0.15) is 0 Å². The first-order chi connectivity index (χ1) is 13.2. The van der Waals surface area contributed by atoms with E-state index < -0.39 is 0 Å². The number of carbonyl (C=O) groups is 1. The molecule has 0 aliphatic carbocycles. The number of hydrogen-bond acceptors (Lipinski definition) is 5. The van der Waals surface area contributed by atoms with Crippen LogP contribution in [0.5, 0.6) is 0 Å². The number of rotatable bonds is 7. The lowest BCUT2D eigenvalue weighted by Crippen LogP contribution is -2.25. The number of nitrogens with zero attached hydrogens (tertiary/aromatic N) is 3. The molecule has 0 unspecified atom stereocenters. The molecule has 6 heteroatoms. The van der Waals surface area contributed by atoms with Crippen LogP contribution in [0, 0.1) is 0 Å². The van der Waals surface area contributed by atoms with Crippen molar-refractivity contribution in [3.8, 4) is 0 Å². The molecule has 3 aromatic rings. The van der Waals surface area contributed by atoms with Gasteiger partial charge in [-0.25, -0.2) is 9.97 Å². The highest BCUT2D eigenvalue weighted by molar-refractivity contribution is 5.94. The Morgan fingerprint density at radius 3 is 2.63 bits per heavy atom. The molecule has 6 nitrogen and oxygen atoms in total. The third kappa shape index (κ3) is 4.82. The maximum Gasteiger partial charge on any atom is 0.251 e. The number of benzene rings is 1. The van der Waals surface area contributed by atoms with E-state index >= 15 is 0 Å². The summed E-state index contributed by atoms with van der Waals surface area (Å²) in [6, 6.07) is 17.5. The van der Waals surface area contributed by atoms with Gasteiger partial charge in [0.15, 0.2) is 0 Å². The van der Waals surface area contributed by atoms with E-state index in [0.717, 1.165) is 17.9 Å². The number of amides is 1. The summed E-state index contributed by atoms with van der Waals surface area (Å²) in [6.45, 7) is 1.15. The Hall–Kier alpha value is -3.41.